The lowest BCUT2D eigenvalue weighted by Gasteiger charge is -2.27. The number of hydrogen-bond acceptors (Lipinski definition) is 3. The van der Waals surface area contributed by atoms with Crippen molar-refractivity contribution >= 4 is 16.9 Å². The van der Waals surface area contributed by atoms with E-state index in [1.54, 1.807) is 0 Å². The first kappa shape index (κ1) is 15.4. The molecule has 1 aliphatic rings. The van der Waals surface area contributed by atoms with E-state index in [2.05, 4.69) is 68.3 Å². The van der Waals surface area contributed by atoms with Gasteiger partial charge in [-0.05, 0) is 38.2 Å². The van der Waals surface area contributed by atoms with Gasteiger partial charge in [0.05, 0.1) is 6.54 Å². The molecule has 20 heavy (non-hydrogen) atoms. The summed E-state index contributed by atoms with van der Waals surface area (Å²) in [6, 6.07) is 10.7. The predicted octanol–water partition coefficient (Wildman–Crippen LogP) is 4.11. The van der Waals surface area contributed by atoms with Gasteiger partial charge in [-0.1, -0.05) is 55.9 Å². The summed E-state index contributed by atoms with van der Waals surface area (Å²) in [5.74, 6) is 0.690. The van der Waals surface area contributed by atoms with Crippen LogP contribution in [0.2, 0.25) is 0 Å². The van der Waals surface area contributed by atoms with Gasteiger partial charge < -0.3 is 5.32 Å². The van der Waals surface area contributed by atoms with Crippen molar-refractivity contribution in [3.05, 3.63) is 35.9 Å². The second-order valence-electron chi connectivity index (χ2n) is 6.54. The second-order valence-corrected chi connectivity index (χ2v) is 7.77. The normalized spacial score (nSPS) is 19.2. The molecule has 1 heterocycles. The van der Waals surface area contributed by atoms with Crippen LogP contribution in [0, 0.1) is 5.92 Å². The van der Waals surface area contributed by atoms with E-state index in [1.807, 2.05) is 11.8 Å². The van der Waals surface area contributed by atoms with Crippen molar-refractivity contribution in [3.63, 3.8) is 0 Å². The number of nitrogens with zero attached hydrogens (tertiary/aromatic N) is 1. The third-order valence-electron chi connectivity index (χ3n) is 3.75. The lowest BCUT2D eigenvalue weighted by Crippen LogP contribution is -2.42. The molecule has 0 saturated carbocycles. The second kappa shape index (κ2) is 6.66. The molecule has 0 radical (unpaired) electrons. The van der Waals surface area contributed by atoms with Crippen LogP contribution in [-0.2, 0) is 6.42 Å². The van der Waals surface area contributed by atoms with Crippen molar-refractivity contribution in [2.75, 3.05) is 6.54 Å². The molecule has 2 rings (SSSR count). The third kappa shape index (κ3) is 4.55. The van der Waals surface area contributed by atoms with Crippen LogP contribution >= 0.6 is 11.8 Å². The van der Waals surface area contributed by atoms with Crippen molar-refractivity contribution in [2.24, 2.45) is 10.9 Å². The molecule has 1 aromatic carbocycles. The summed E-state index contributed by atoms with van der Waals surface area (Å²) in [5, 5.41) is 5.39. The van der Waals surface area contributed by atoms with Gasteiger partial charge in [-0.15, -0.1) is 0 Å². The zero-order valence-corrected chi connectivity index (χ0v) is 13.8. The minimum Gasteiger partial charge on any atom is -0.360 e. The van der Waals surface area contributed by atoms with Gasteiger partial charge in [-0.2, -0.15) is 0 Å². The maximum absolute atomic E-state index is 4.65. The lowest BCUT2D eigenvalue weighted by molar-refractivity contribution is 0.428. The maximum atomic E-state index is 4.65. The topological polar surface area (TPSA) is 24.4 Å². The molecule has 3 heteroatoms. The van der Waals surface area contributed by atoms with E-state index >= 15 is 0 Å². The minimum absolute atomic E-state index is 0.0908. The van der Waals surface area contributed by atoms with E-state index in [1.165, 1.54) is 5.56 Å². The summed E-state index contributed by atoms with van der Waals surface area (Å²) in [7, 11) is 0. The third-order valence-corrected chi connectivity index (χ3v) is 5.20. The van der Waals surface area contributed by atoms with Crippen LogP contribution in [0.4, 0.5) is 0 Å². The highest BCUT2D eigenvalue weighted by Crippen LogP contribution is 2.27. The van der Waals surface area contributed by atoms with Crippen LogP contribution in [0.25, 0.3) is 0 Å². The molecule has 1 unspecified atom stereocenters. The largest absolute Gasteiger partial charge is 0.360 e. The molecular formula is C17H26N2S. The molecule has 2 nitrogen and oxygen atoms in total. The molecule has 0 aromatic heterocycles. The number of rotatable bonds is 5. The number of aryl methyl sites for hydroxylation is 1. The Bertz CT molecular complexity index is 451. The first-order valence-corrected chi connectivity index (χ1v) is 8.37. The summed E-state index contributed by atoms with van der Waals surface area (Å²) in [4.78, 5) is 4.65. The summed E-state index contributed by atoms with van der Waals surface area (Å²) in [6.07, 6.45) is 2.22. The standard InChI is InChI=1S/C17H26N2S/c1-13(2)15-12-18-16(20-15)19-17(3,4)11-10-14-8-6-5-7-9-14/h5-9,13,15H,10-12H2,1-4H3,(H,18,19). The highest BCUT2D eigenvalue weighted by Gasteiger charge is 2.26. The fourth-order valence-corrected chi connectivity index (χ4v) is 3.45. The average Bonchev–Trinajstić information content (AvgIpc) is 2.86. The smallest absolute Gasteiger partial charge is 0.157 e. The minimum atomic E-state index is 0.0908. The van der Waals surface area contributed by atoms with E-state index in [0.717, 1.165) is 24.6 Å². The van der Waals surface area contributed by atoms with Crippen molar-refractivity contribution < 1.29 is 0 Å². The van der Waals surface area contributed by atoms with Crippen LogP contribution in [-0.4, -0.2) is 22.5 Å². The number of nitrogens with one attached hydrogen (secondary N) is 1. The van der Waals surface area contributed by atoms with Crippen LogP contribution in [0.3, 0.4) is 0 Å². The number of benzene rings is 1. The molecule has 0 bridgehead atoms. The van der Waals surface area contributed by atoms with Gasteiger partial charge in [0, 0.05) is 10.8 Å². The van der Waals surface area contributed by atoms with E-state index < -0.39 is 0 Å². The van der Waals surface area contributed by atoms with Gasteiger partial charge in [0.2, 0.25) is 0 Å². The quantitative estimate of drug-likeness (QED) is 0.882. The molecule has 0 fully saturated rings. The van der Waals surface area contributed by atoms with E-state index in [-0.39, 0.29) is 5.54 Å². The Morgan fingerprint density at radius 3 is 2.60 bits per heavy atom. The fourth-order valence-electron chi connectivity index (χ4n) is 2.26. The van der Waals surface area contributed by atoms with Crippen LogP contribution in [0.15, 0.2) is 35.3 Å². The molecule has 1 aliphatic heterocycles. The van der Waals surface area contributed by atoms with Crippen molar-refractivity contribution in [3.8, 4) is 0 Å². The van der Waals surface area contributed by atoms with Crippen LogP contribution < -0.4 is 5.32 Å². The van der Waals surface area contributed by atoms with Gasteiger partial charge in [0.15, 0.2) is 5.17 Å². The summed E-state index contributed by atoms with van der Waals surface area (Å²) < 4.78 is 0. The molecule has 1 atom stereocenters. The first-order valence-electron chi connectivity index (χ1n) is 7.49. The molecule has 110 valence electrons. The number of hydrogen-bond donors (Lipinski definition) is 1. The Balaban J connectivity index is 1.82. The Hall–Kier alpha value is -0.960. The first-order chi connectivity index (χ1) is 9.46. The molecule has 1 aromatic rings. The molecular weight excluding hydrogens is 264 g/mol. The monoisotopic (exact) mass is 290 g/mol. The Kier molecular flexibility index (Phi) is 5.14. The number of aliphatic imine (C=N–C) groups is 1. The molecule has 0 amide bonds. The highest BCUT2D eigenvalue weighted by atomic mass is 32.2. The van der Waals surface area contributed by atoms with Gasteiger partial charge in [-0.25, -0.2) is 0 Å². The van der Waals surface area contributed by atoms with Crippen molar-refractivity contribution in [1.82, 2.24) is 5.32 Å². The van der Waals surface area contributed by atoms with Crippen LogP contribution in [0.5, 0.6) is 0 Å². The van der Waals surface area contributed by atoms with E-state index in [0.29, 0.717) is 11.2 Å². The SMILES string of the molecule is CC(C)C1CN=C(NC(C)(C)CCc2ccccc2)S1. The molecule has 0 spiro atoms. The van der Waals surface area contributed by atoms with E-state index in [4.69, 9.17) is 0 Å². The van der Waals surface area contributed by atoms with Gasteiger partial charge >= 0.3 is 0 Å². The summed E-state index contributed by atoms with van der Waals surface area (Å²) in [6.45, 7) is 10.0. The maximum Gasteiger partial charge on any atom is 0.157 e. The predicted molar refractivity (Wildman–Crippen MR) is 90.5 cm³/mol. The molecule has 1 N–H and O–H groups in total. The lowest BCUT2D eigenvalue weighted by atomic mass is 9.95. The van der Waals surface area contributed by atoms with Crippen molar-refractivity contribution in [1.29, 1.82) is 0 Å². The zero-order chi connectivity index (χ0) is 14.6. The van der Waals surface area contributed by atoms with E-state index in [9.17, 15) is 0 Å². The van der Waals surface area contributed by atoms with Gasteiger partial charge in [-0.3, -0.25) is 4.99 Å². The Morgan fingerprint density at radius 1 is 1.30 bits per heavy atom. The van der Waals surface area contributed by atoms with Gasteiger partial charge in [0.25, 0.3) is 0 Å². The highest BCUT2D eigenvalue weighted by molar-refractivity contribution is 8.14. The summed E-state index contributed by atoms with van der Waals surface area (Å²) >= 11 is 1.91. The Labute approximate surface area is 127 Å². The zero-order valence-electron chi connectivity index (χ0n) is 13.0. The van der Waals surface area contributed by atoms with Gasteiger partial charge in [0.1, 0.15) is 0 Å². The Morgan fingerprint density at radius 2 is 2.00 bits per heavy atom. The molecule has 0 aliphatic carbocycles. The van der Waals surface area contributed by atoms with Crippen LogP contribution in [0.1, 0.15) is 39.7 Å². The summed E-state index contributed by atoms with van der Waals surface area (Å²) in [5.41, 5.74) is 1.50. The van der Waals surface area contributed by atoms with Crippen molar-refractivity contribution in [2.45, 2.75) is 51.3 Å². The number of thioether (sulfide) groups is 1. The number of amidine groups is 1. The fraction of sp³-hybridized carbons (Fsp3) is 0.588. The average molecular weight is 290 g/mol. The molecule has 0 saturated heterocycles.